The minimum absolute atomic E-state index is 0.0494. The number of nitrogens with zero attached hydrogens (tertiary/aromatic N) is 7. The van der Waals surface area contributed by atoms with E-state index in [2.05, 4.69) is 24.6 Å². The molecular formula is C20H25N7O. The van der Waals surface area contributed by atoms with Crippen molar-refractivity contribution in [2.45, 2.75) is 44.8 Å². The van der Waals surface area contributed by atoms with Crippen LogP contribution in [0.1, 0.15) is 37.4 Å². The van der Waals surface area contributed by atoms with Crippen molar-refractivity contribution >= 4 is 0 Å². The summed E-state index contributed by atoms with van der Waals surface area (Å²) in [4.78, 5) is 19.1. The fourth-order valence-electron chi connectivity index (χ4n) is 4.03. The summed E-state index contributed by atoms with van der Waals surface area (Å²) in [6.45, 7) is 3.74. The van der Waals surface area contributed by atoms with Crippen molar-refractivity contribution < 1.29 is 0 Å². The number of hydrogen-bond acceptors (Lipinski definition) is 5. The molecule has 8 nitrogen and oxygen atoms in total. The molecule has 0 amide bonds. The first kappa shape index (κ1) is 17.4. The maximum atomic E-state index is 12.2. The molecule has 5 rings (SSSR count). The number of imidazole rings is 1. The Morgan fingerprint density at radius 2 is 1.96 bits per heavy atom. The third kappa shape index (κ3) is 3.64. The maximum absolute atomic E-state index is 12.2. The average Bonchev–Trinajstić information content (AvgIpc) is 3.21. The van der Waals surface area contributed by atoms with Crippen molar-refractivity contribution in [3.63, 3.8) is 0 Å². The van der Waals surface area contributed by atoms with E-state index >= 15 is 0 Å². The minimum atomic E-state index is -0.0494. The van der Waals surface area contributed by atoms with Crippen molar-refractivity contribution in [2.75, 3.05) is 13.1 Å². The molecule has 28 heavy (non-hydrogen) atoms. The molecule has 3 aromatic rings. The molecule has 1 saturated carbocycles. The highest BCUT2D eigenvalue weighted by Crippen LogP contribution is 2.36. The van der Waals surface area contributed by atoms with E-state index in [1.54, 1.807) is 27.7 Å². The molecule has 1 saturated heterocycles. The van der Waals surface area contributed by atoms with Crippen LogP contribution < -0.4 is 5.56 Å². The van der Waals surface area contributed by atoms with Crippen LogP contribution in [0.4, 0.5) is 0 Å². The van der Waals surface area contributed by atoms with Gasteiger partial charge in [-0.1, -0.05) is 0 Å². The van der Waals surface area contributed by atoms with Gasteiger partial charge in [-0.2, -0.15) is 5.10 Å². The number of hydrogen-bond donors (Lipinski definition) is 0. The molecule has 0 radical (unpaired) electrons. The van der Waals surface area contributed by atoms with E-state index < -0.39 is 0 Å². The van der Waals surface area contributed by atoms with E-state index in [0.29, 0.717) is 24.3 Å². The van der Waals surface area contributed by atoms with Gasteiger partial charge in [0.05, 0.1) is 12.0 Å². The molecule has 0 spiro atoms. The SMILES string of the molecule is O=c1ccc(-n2cccn2)nn1CC1CCN(Cc2cncn2C2CC2)CC1. The van der Waals surface area contributed by atoms with Gasteiger partial charge >= 0.3 is 0 Å². The van der Waals surface area contributed by atoms with Crippen LogP contribution in [0.5, 0.6) is 0 Å². The van der Waals surface area contributed by atoms with Crippen LogP contribution in [0.3, 0.4) is 0 Å². The summed E-state index contributed by atoms with van der Waals surface area (Å²) in [7, 11) is 0. The van der Waals surface area contributed by atoms with Crippen LogP contribution in [0.25, 0.3) is 5.82 Å². The molecule has 1 aliphatic heterocycles. The molecule has 4 heterocycles. The Kier molecular flexibility index (Phi) is 4.56. The molecular weight excluding hydrogens is 354 g/mol. The van der Waals surface area contributed by atoms with Crippen LogP contribution in [0, 0.1) is 5.92 Å². The number of piperidine rings is 1. The molecule has 2 aliphatic rings. The van der Waals surface area contributed by atoms with Crippen molar-refractivity contribution in [3.05, 3.63) is 59.2 Å². The van der Waals surface area contributed by atoms with Crippen molar-refractivity contribution in [3.8, 4) is 5.82 Å². The fraction of sp³-hybridized carbons (Fsp3) is 0.500. The second-order valence-corrected chi connectivity index (χ2v) is 7.91. The van der Waals surface area contributed by atoms with Crippen LogP contribution in [0.2, 0.25) is 0 Å². The second-order valence-electron chi connectivity index (χ2n) is 7.91. The van der Waals surface area contributed by atoms with Gasteiger partial charge in [-0.25, -0.2) is 14.3 Å². The lowest BCUT2D eigenvalue weighted by Gasteiger charge is -2.32. The molecule has 146 valence electrons. The summed E-state index contributed by atoms with van der Waals surface area (Å²) in [6.07, 6.45) is 12.3. The normalized spacial score (nSPS) is 18.6. The van der Waals surface area contributed by atoms with Crippen LogP contribution >= 0.6 is 0 Å². The molecule has 8 heteroatoms. The summed E-state index contributed by atoms with van der Waals surface area (Å²) in [5.41, 5.74) is 1.28. The van der Waals surface area contributed by atoms with Crippen molar-refractivity contribution in [1.82, 2.24) is 34.0 Å². The summed E-state index contributed by atoms with van der Waals surface area (Å²) in [5, 5.41) is 8.70. The topological polar surface area (TPSA) is 73.8 Å². The third-order valence-electron chi connectivity index (χ3n) is 5.80. The molecule has 0 N–H and O–H groups in total. The molecule has 0 atom stereocenters. The highest BCUT2D eigenvalue weighted by Gasteiger charge is 2.27. The van der Waals surface area contributed by atoms with Gasteiger partial charge in [-0.05, 0) is 56.8 Å². The van der Waals surface area contributed by atoms with E-state index in [4.69, 9.17) is 0 Å². The first-order chi connectivity index (χ1) is 13.8. The zero-order chi connectivity index (χ0) is 18.9. The van der Waals surface area contributed by atoms with E-state index in [0.717, 1.165) is 32.5 Å². The number of aromatic nitrogens is 6. The zero-order valence-corrected chi connectivity index (χ0v) is 15.9. The van der Waals surface area contributed by atoms with Gasteiger partial charge in [-0.15, -0.1) is 5.10 Å². The van der Waals surface area contributed by atoms with E-state index in [-0.39, 0.29) is 5.56 Å². The Labute approximate surface area is 163 Å². The highest BCUT2D eigenvalue weighted by atomic mass is 16.1. The first-order valence-corrected chi connectivity index (χ1v) is 10.1. The average molecular weight is 379 g/mol. The monoisotopic (exact) mass is 379 g/mol. The predicted molar refractivity (Wildman–Crippen MR) is 104 cm³/mol. The summed E-state index contributed by atoms with van der Waals surface area (Å²) in [6, 6.07) is 5.83. The van der Waals surface area contributed by atoms with Crippen molar-refractivity contribution in [2.24, 2.45) is 5.92 Å². The summed E-state index contributed by atoms with van der Waals surface area (Å²) >= 11 is 0. The van der Waals surface area contributed by atoms with Gasteiger partial charge in [-0.3, -0.25) is 9.69 Å². The first-order valence-electron chi connectivity index (χ1n) is 10.1. The van der Waals surface area contributed by atoms with Gasteiger partial charge in [0.15, 0.2) is 5.82 Å². The summed E-state index contributed by atoms with van der Waals surface area (Å²) < 4.78 is 5.62. The van der Waals surface area contributed by atoms with Gasteiger partial charge in [0, 0.05) is 43.8 Å². The lowest BCUT2D eigenvalue weighted by Crippen LogP contribution is -2.37. The number of rotatable bonds is 6. The van der Waals surface area contributed by atoms with Crippen molar-refractivity contribution in [1.29, 1.82) is 0 Å². The maximum Gasteiger partial charge on any atom is 0.266 e. The predicted octanol–water partition coefficient (Wildman–Crippen LogP) is 1.87. The Balaban J connectivity index is 1.20. The quantitative estimate of drug-likeness (QED) is 0.654. The highest BCUT2D eigenvalue weighted by molar-refractivity contribution is 5.17. The Morgan fingerprint density at radius 3 is 2.71 bits per heavy atom. The van der Waals surface area contributed by atoms with Crippen LogP contribution in [-0.4, -0.2) is 47.1 Å². The molecule has 0 aromatic carbocycles. The van der Waals surface area contributed by atoms with Gasteiger partial charge in [0.2, 0.25) is 0 Å². The smallest absolute Gasteiger partial charge is 0.266 e. The minimum Gasteiger partial charge on any atom is -0.330 e. The standard InChI is InChI=1S/C20H25N7O/c28-20-5-4-19(26-9-1-8-22-26)23-27(20)13-16-6-10-24(11-7-16)14-18-12-21-15-25(18)17-2-3-17/h1,4-5,8-9,12,15-17H,2-3,6-7,10-11,13-14H2. The Hall–Kier alpha value is -2.74. The van der Waals surface area contributed by atoms with Crippen LogP contribution in [0.15, 0.2) is 47.9 Å². The van der Waals surface area contributed by atoms with Gasteiger partial charge < -0.3 is 4.57 Å². The largest absolute Gasteiger partial charge is 0.330 e. The molecule has 2 fully saturated rings. The summed E-state index contributed by atoms with van der Waals surface area (Å²) in [5.74, 6) is 1.15. The Bertz CT molecular complexity index is 978. The fourth-order valence-corrected chi connectivity index (χ4v) is 4.03. The van der Waals surface area contributed by atoms with Crippen LogP contribution in [-0.2, 0) is 13.1 Å². The molecule has 1 aliphatic carbocycles. The third-order valence-corrected chi connectivity index (χ3v) is 5.80. The van der Waals surface area contributed by atoms with E-state index in [1.165, 1.54) is 18.5 Å². The van der Waals surface area contributed by atoms with E-state index in [9.17, 15) is 4.79 Å². The lowest BCUT2D eigenvalue weighted by molar-refractivity contribution is 0.160. The zero-order valence-electron chi connectivity index (χ0n) is 15.9. The number of likely N-dealkylation sites (tertiary alicyclic amines) is 1. The lowest BCUT2D eigenvalue weighted by atomic mass is 9.97. The van der Waals surface area contributed by atoms with Gasteiger partial charge in [0.25, 0.3) is 5.56 Å². The van der Waals surface area contributed by atoms with Gasteiger partial charge in [0.1, 0.15) is 0 Å². The van der Waals surface area contributed by atoms with E-state index in [1.807, 2.05) is 24.8 Å². The Morgan fingerprint density at radius 1 is 1.11 bits per heavy atom. The molecule has 3 aromatic heterocycles. The molecule has 0 bridgehead atoms. The molecule has 0 unspecified atom stereocenters. The second kappa shape index (κ2) is 7.35.